The van der Waals surface area contributed by atoms with Gasteiger partial charge in [0.25, 0.3) is 11.7 Å². The van der Waals surface area contributed by atoms with E-state index in [2.05, 4.69) is 0 Å². The highest BCUT2D eigenvalue weighted by Gasteiger charge is 2.46. The van der Waals surface area contributed by atoms with Crippen molar-refractivity contribution in [2.24, 2.45) is 0 Å². The number of aliphatic hydroxyl groups excluding tert-OH is 1. The monoisotopic (exact) mass is 434 g/mol. The van der Waals surface area contributed by atoms with Gasteiger partial charge in [-0.15, -0.1) is 0 Å². The van der Waals surface area contributed by atoms with Gasteiger partial charge in [-0.05, 0) is 43.2 Å². The number of hydrogen-bond donors (Lipinski definition) is 2. The molecule has 0 aromatic heterocycles. The van der Waals surface area contributed by atoms with E-state index in [0.717, 1.165) is 5.39 Å². The molecule has 1 aliphatic heterocycles. The number of phenolic OH excluding ortho intramolecular Hbond substituents is 1. The second-order valence-corrected chi connectivity index (χ2v) is 8.03. The molecule has 32 heavy (non-hydrogen) atoms. The molecule has 6 nitrogen and oxygen atoms in total. The molecule has 0 unspecified atom stereocenters. The van der Waals surface area contributed by atoms with Gasteiger partial charge in [-0.2, -0.15) is 0 Å². The zero-order valence-corrected chi connectivity index (χ0v) is 17.7. The van der Waals surface area contributed by atoms with Crippen molar-refractivity contribution in [3.63, 3.8) is 0 Å². The van der Waals surface area contributed by atoms with E-state index in [1.165, 1.54) is 35.2 Å². The smallest absolute Gasteiger partial charge is 0.295 e. The van der Waals surface area contributed by atoms with Gasteiger partial charge in [0, 0.05) is 18.5 Å². The number of rotatable bonds is 5. The SMILES string of the molecule is CN(C)CCN1C(=O)C(=O)C(=C(O)c2ccc3ccccc3c2O)[C@@H]1c1ccc(F)cc1. The summed E-state index contributed by atoms with van der Waals surface area (Å²) in [6, 6.07) is 14.9. The molecule has 1 atom stereocenters. The fourth-order valence-electron chi connectivity index (χ4n) is 4.00. The van der Waals surface area contributed by atoms with Crippen LogP contribution < -0.4 is 0 Å². The molecular formula is C25H23FN2O4. The summed E-state index contributed by atoms with van der Waals surface area (Å²) < 4.78 is 13.6. The molecule has 164 valence electrons. The average Bonchev–Trinajstić information content (AvgIpc) is 3.03. The number of halogens is 1. The van der Waals surface area contributed by atoms with Gasteiger partial charge < -0.3 is 20.0 Å². The maximum absolute atomic E-state index is 13.6. The number of carbonyl (C=O) groups excluding carboxylic acids is 2. The molecule has 3 aromatic carbocycles. The highest BCUT2D eigenvalue weighted by Crippen LogP contribution is 2.42. The second-order valence-electron chi connectivity index (χ2n) is 8.03. The van der Waals surface area contributed by atoms with Gasteiger partial charge in [-0.25, -0.2) is 4.39 Å². The number of ketones is 1. The maximum Gasteiger partial charge on any atom is 0.295 e. The van der Waals surface area contributed by atoms with Crippen LogP contribution in [0.15, 0.2) is 66.2 Å². The molecule has 1 saturated heterocycles. The number of fused-ring (bicyclic) bond motifs is 1. The summed E-state index contributed by atoms with van der Waals surface area (Å²) in [7, 11) is 3.69. The van der Waals surface area contributed by atoms with Gasteiger partial charge >= 0.3 is 0 Å². The van der Waals surface area contributed by atoms with Gasteiger partial charge in [0.2, 0.25) is 0 Å². The van der Waals surface area contributed by atoms with Crippen LogP contribution in [0.25, 0.3) is 16.5 Å². The second kappa shape index (κ2) is 8.43. The van der Waals surface area contributed by atoms with Crippen LogP contribution in [-0.4, -0.2) is 58.9 Å². The molecule has 1 amide bonds. The first kappa shape index (κ1) is 21.5. The Balaban J connectivity index is 1.90. The maximum atomic E-state index is 13.6. The summed E-state index contributed by atoms with van der Waals surface area (Å²) in [5, 5.41) is 23.3. The molecule has 1 heterocycles. The first-order chi connectivity index (χ1) is 15.3. The van der Waals surface area contributed by atoms with Crippen molar-refractivity contribution < 1.29 is 24.2 Å². The van der Waals surface area contributed by atoms with E-state index in [1.807, 2.05) is 31.1 Å². The van der Waals surface area contributed by atoms with Crippen LogP contribution in [0.2, 0.25) is 0 Å². The predicted molar refractivity (Wildman–Crippen MR) is 120 cm³/mol. The van der Waals surface area contributed by atoms with Crippen LogP contribution >= 0.6 is 0 Å². The van der Waals surface area contributed by atoms with E-state index in [4.69, 9.17) is 0 Å². The fourth-order valence-corrected chi connectivity index (χ4v) is 4.00. The number of phenols is 1. The number of benzene rings is 3. The van der Waals surface area contributed by atoms with Crippen molar-refractivity contribution in [2.75, 3.05) is 27.2 Å². The third-order valence-corrected chi connectivity index (χ3v) is 5.67. The van der Waals surface area contributed by atoms with Gasteiger partial charge in [-0.1, -0.05) is 42.5 Å². The van der Waals surface area contributed by atoms with Crippen LogP contribution in [0, 0.1) is 5.82 Å². The highest BCUT2D eigenvalue weighted by atomic mass is 19.1. The van der Waals surface area contributed by atoms with Crippen molar-refractivity contribution >= 4 is 28.2 Å². The standard InChI is InChI=1S/C25H23FN2O4/c1-27(2)13-14-28-21(16-7-10-17(26)11-8-16)20(24(31)25(28)32)23(30)19-12-9-15-5-3-4-6-18(15)22(19)29/h3-12,21,29-30H,13-14H2,1-2H3/t21-/m0/s1. The van der Waals surface area contributed by atoms with E-state index in [0.29, 0.717) is 17.5 Å². The van der Waals surface area contributed by atoms with E-state index in [1.54, 1.807) is 18.2 Å². The van der Waals surface area contributed by atoms with Gasteiger partial charge in [0.15, 0.2) is 0 Å². The Morgan fingerprint density at radius 3 is 2.41 bits per heavy atom. The van der Waals surface area contributed by atoms with Crippen LogP contribution in [0.5, 0.6) is 5.75 Å². The highest BCUT2D eigenvalue weighted by molar-refractivity contribution is 6.46. The quantitative estimate of drug-likeness (QED) is 0.364. The predicted octanol–water partition coefficient (Wildman–Crippen LogP) is 3.67. The molecule has 0 bridgehead atoms. The Kier molecular flexibility index (Phi) is 5.67. The van der Waals surface area contributed by atoms with Crippen LogP contribution in [0.3, 0.4) is 0 Å². The fraction of sp³-hybridized carbons (Fsp3) is 0.200. The van der Waals surface area contributed by atoms with E-state index in [9.17, 15) is 24.2 Å². The molecule has 1 fully saturated rings. The van der Waals surface area contributed by atoms with Crippen molar-refractivity contribution in [1.82, 2.24) is 9.80 Å². The largest absolute Gasteiger partial charge is 0.507 e. The molecule has 3 aromatic rings. The lowest BCUT2D eigenvalue weighted by molar-refractivity contribution is -0.140. The Labute approximate surface area is 184 Å². The molecule has 7 heteroatoms. The third kappa shape index (κ3) is 3.71. The molecule has 0 saturated carbocycles. The molecule has 0 aliphatic carbocycles. The minimum atomic E-state index is -0.901. The van der Waals surface area contributed by atoms with E-state index in [-0.39, 0.29) is 23.4 Å². The zero-order valence-electron chi connectivity index (χ0n) is 17.7. The van der Waals surface area contributed by atoms with E-state index < -0.39 is 29.3 Å². The number of likely N-dealkylation sites (N-methyl/N-ethyl adjacent to an activating group) is 1. The summed E-state index contributed by atoms with van der Waals surface area (Å²) in [4.78, 5) is 29.2. The molecule has 0 radical (unpaired) electrons. The zero-order chi connectivity index (χ0) is 23.0. The van der Waals surface area contributed by atoms with Gasteiger partial charge in [0.1, 0.15) is 17.3 Å². The topological polar surface area (TPSA) is 81.1 Å². The lowest BCUT2D eigenvalue weighted by Gasteiger charge is -2.26. The first-order valence-electron chi connectivity index (χ1n) is 10.2. The summed E-state index contributed by atoms with van der Waals surface area (Å²) in [6.07, 6.45) is 0. The van der Waals surface area contributed by atoms with Crippen LogP contribution in [-0.2, 0) is 9.59 Å². The number of hydrogen-bond acceptors (Lipinski definition) is 5. The van der Waals surface area contributed by atoms with Gasteiger partial charge in [-0.3, -0.25) is 9.59 Å². The Hall–Kier alpha value is -3.71. The number of aliphatic hydroxyl groups is 1. The van der Waals surface area contributed by atoms with Crippen LogP contribution in [0.4, 0.5) is 4.39 Å². The molecule has 1 aliphatic rings. The summed E-state index contributed by atoms with van der Waals surface area (Å²) in [5.41, 5.74) is 0.415. The van der Waals surface area contributed by atoms with Crippen molar-refractivity contribution in [1.29, 1.82) is 0 Å². The normalized spacial score (nSPS) is 18.1. The number of amides is 1. The average molecular weight is 434 g/mol. The Morgan fingerprint density at radius 1 is 1.03 bits per heavy atom. The summed E-state index contributed by atoms with van der Waals surface area (Å²) >= 11 is 0. The number of aromatic hydroxyl groups is 1. The summed E-state index contributed by atoms with van der Waals surface area (Å²) in [5.74, 6) is -2.69. The molecule has 2 N–H and O–H groups in total. The Morgan fingerprint density at radius 2 is 1.72 bits per heavy atom. The van der Waals surface area contributed by atoms with Crippen molar-refractivity contribution in [3.8, 4) is 5.75 Å². The number of nitrogens with zero attached hydrogens (tertiary/aromatic N) is 2. The number of likely N-dealkylation sites (tertiary alicyclic amines) is 1. The van der Waals surface area contributed by atoms with Crippen molar-refractivity contribution in [2.45, 2.75) is 6.04 Å². The van der Waals surface area contributed by atoms with E-state index >= 15 is 0 Å². The third-order valence-electron chi connectivity index (χ3n) is 5.67. The lowest BCUT2D eigenvalue weighted by atomic mass is 9.94. The first-order valence-corrected chi connectivity index (χ1v) is 10.2. The van der Waals surface area contributed by atoms with Gasteiger partial charge in [0.05, 0.1) is 17.2 Å². The number of Topliss-reactive ketones (excluding diaryl/α,β-unsaturated/α-hetero) is 1. The molecule has 0 spiro atoms. The Bertz CT molecular complexity index is 1230. The summed E-state index contributed by atoms with van der Waals surface area (Å²) in [6.45, 7) is 0.728. The molecular weight excluding hydrogens is 411 g/mol. The minimum Gasteiger partial charge on any atom is -0.507 e. The lowest BCUT2D eigenvalue weighted by Crippen LogP contribution is -2.35. The van der Waals surface area contributed by atoms with Crippen LogP contribution in [0.1, 0.15) is 17.2 Å². The molecule has 4 rings (SSSR count). The van der Waals surface area contributed by atoms with Crippen molar-refractivity contribution in [3.05, 3.63) is 83.2 Å². The number of carbonyl (C=O) groups is 2. The minimum absolute atomic E-state index is 0.0569.